The van der Waals surface area contributed by atoms with E-state index in [0.717, 1.165) is 22.3 Å². The van der Waals surface area contributed by atoms with Crippen molar-refractivity contribution >= 4 is 11.5 Å². The van der Waals surface area contributed by atoms with Crippen molar-refractivity contribution in [1.29, 1.82) is 0 Å². The van der Waals surface area contributed by atoms with Gasteiger partial charge in [-0.3, -0.25) is 0 Å². The van der Waals surface area contributed by atoms with Crippen LogP contribution in [-0.2, 0) is 4.79 Å². The van der Waals surface area contributed by atoms with Crippen molar-refractivity contribution < 1.29 is 58.5 Å². The summed E-state index contributed by atoms with van der Waals surface area (Å²) in [6.45, 7) is 4.00. The monoisotopic (exact) mass is 440 g/mol. The first-order chi connectivity index (χ1) is 14.2. The van der Waals surface area contributed by atoms with Crippen LogP contribution >= 0.6 is 0 Å². The molecule has 2 rings (SSSR count). The molecule has 0 fully saturated rings. The van der Waals surface area contributed by atoms with Crippen LogP contribution in [0.25, 0.3) is 5.57 Å². The van der Waals surface area contributed by atoms with Gasteiger partial charge in [0.25, 0.3) is 0 Å². The van der Waals surface area contributed by atoms with E-state index in [1.807, 2.05) is 13.8 Å². The Hall–Kier alpha value is -1.57. The third-order valence-electron chi connectivity index (χ3n) is 4.98. The molecule has 0 saturated carbocycles. The molecule has 0 amide bonds. The summed E-state index contributed by atoms with van der Waals surface area (Å²) < 4.78 is 26.9. The Morgan fingerprint density at radius 2 is 1.35 bits per heavy atom. The molecule has 2 aromatic rings. The van der Waals surface area contributed by atoms with Gasteiger partial charge in [-0.1, -0.05) is 43.7 Å². The predicted molar refractivity (Wildman–Crippen MR) is 109 cm³/mol. The SMILES string of the molecule is CC(C)C(CC[C@@H](O)C[C@@H](O)CC(=O)[O-])=C(c1ccc(F)cc1)c1ccc(F)cc1.[Na+]. The fourth-order valence-electron chi connectivity index (χ4n) is 3.50. The summed E-state index contributed by atoms with van der Waals surface area (Å²) in [5.41, 5.74) is 3.38. The van der Waals surface area contributed by atoms with Crippen molar-refractivity contribution in [3.05, 3.63) is 76.9 Å². The molecule has 4 nitrogen and oxygen atoms in total. The molecule has 31 heavy (non-hydrogen) atoms. The molecule has 0 spiro atoms. The molecule has 0 aliphatic carbocycles. The van der Waals surface area contributed by atoms with Crippen LogP contribution < -0.4 is 34.7 Å². The van der Waals surface area contributed by atoms with Crippen LogP contribution in [0.5, 0.6) is 0 Å². The Bertz CT molecular complexity index is 817. The number of hydrogen-bond acceptors (Lipinski definition) is 4. The number of aliphatic hydroxyl groups excluding tert-OH is 2. The van der Waals surface area contributed by atoms with Crippen molar-refractivity contribution in [3.8, 4) is 0 Å². The smallest absolute Gasteiger partial charge is 0.550 e. The molecule has 0 unspecified atom stereocenters. The van der Waals surface area contributed by atoms with Gasteiger partial charge in [0.2, 0.25) is 0 Å². The Morgan fingerprint density at radius 1 is 0.903 bits per heavy atom. The van der Waals surface area contributed by atoms with Crippen LogP contribution in [0.15, 0.2) is 54.1 Å². The summed E-state index contributed by atoms with van der Waals surface area (Å²) in [7, 11) is 0. The molecule has 7 heteroatoms. The summed E-state index contributed by atoms with van der Waals surface area (Å²) in [6, 6.07) is 12.1. The molecule has 0 bridgehead atoms. The summed E-state index contributed by atoms with van der Waals surface area (Å²) in [5, 5.41) is 30.6. The van der Waals surface area contributed by atoms with Crippen molar-refractivity contribution in [1.82, 2.24) is 0 Å². The molecule has 162 valence electrons. The number of carbonyl (C=O) groups excluding carboxylic acids is 1. The first-order valence-corrected chi connectivity index (χ1v) is 9.98. The third kappa shape index (κ3) is 8.83. The topological polar surface area (TPSA) is 80.6 Å². The Morgan fingerprint density at radius 3 is 1.74 bits per heavy atom. The van der Waals surface area contributed by atoms with Gasteiger partial charge in [0.1, 0.15) is 11.6 Å². The molecule has 0 aliphatic rings. The van der Waals surface area contributed by atoms with Gasteiger partial charge in [-0.15, -0.1) is 0 Å². The maximum atomic E-state index is 13.5. The maximum absolute atomic E-state index is 13.5. The van der Waals surface area contributed by atoms with E-state index >= 15 is 0 Å². The van der Waals surface area contributed by atoms with Gasteiger partial charge >= 0.3 is 29.6 Å². The molecule has 0 saturated heterocycles. The van der Waals surface area contributed by atoms with E-state index in [4.69, 9.17) is 0 Å². The van der Waals surface area contributed by atoms with E-state index in [1.54, 1.807) is 24.3 Å². The number of rotatable bonds is 10. The first kappa shape index (κ1) is 27.5. The van der Waals surface area contributed by atoms with Crippen molar-refractivity contribution in [2.45, 2.75) is 51.7 Å². The minimum absolute atomic E-state index is 0. The standard InChI is InChI=1S/C24H28F2O4.Na/c1-15(2)22(12-11-20(27)13-21(28)14-23(29)30)24(16-3-7-18(25)8-4-16)17-5-9-19(26)10-6-17;/h3-10,15,20-21,27-28H,11-14H2,1-2H3,(H,29,30);/q;+1/p-1/t20-,21-;/m1./s1. The fourth-order valence-corrected chi connectivity index (χ4v) is 3.50. The number of carbonyl (C=O) groups is 1. The van der Waals surface area contributed by atoms with Crippen molar-refractivity contribution in [2.24, 2.45) is 5.92 Å². The average Bonchev–Trinajstić information content (AvgIpc) is 2.66. The van der Waals surface area contributed by atoms with E-state index in [2.05, 4.69) is 0 Å². The quantitative estimate of drug-likeness (QED) is 0.526. The Kier molecular flexibility index (Phi) is 11.6. The number of allylic oxidation sites excluding steroid dienone is 1. The number of halogens is 2. The van der Waals surface area contributed by atoms with Gasteiger partial charge in [0, 0.05) is 12.4 Å². The van der Waals surface area contributed by atoms with Crippen LogP contribution in [0.1, 0.15) is 50.7 Å². The van der Waals surface area contributed by atoms with E-state index in [1.165, 1.54) is 24.3 Å². The zero-order valence-corrected chi connectivity index (χ0v) is 20.1. The van der Waals surface area contributed by atoms with E-state index in [9.17, 15) is 28.9 Å². The number of carboxylic acid groups (broad SMARTS) is 1. The number of aliphatic carboxylic acids is 1. The summed E-state index contributed by atoms with van der Waals surface area (Å²) >= 11 is 0. The molecule has 2 atom stereocenters. The zero-order chi connectivity index (χ0) is 22.3. The minimum Gasteiger partial charge on any atom is -0.550 e. The Balaban J connectivity index is 0.00000480. The van der Waals surface area contributed by atoms with Crippen LogP contribution in [0, 0.1) is 17.6 Å². The molecule has 0 aliphatic heterocycles. The van der Waals surface area contributed by atoms with Gasteiger partial charge in [-0.2, -0.15) is 0 Å². The van der Waals surface area contributed by atoms with Gasteiger partial charge in [-0.05, 0) is 66.1 Å². The third-order valence-corrected chi connectivity index (χ3v) is 4.98. The molecule has 0 heterocycles. The molecule has 2 N–H and O–H groups in total. The average molecular weight is 440 g/mol. The van der Waals surface area contributed by atoms with E-state index in [0.29, 0.717) is 12.8 Å². The zero-order valence-electron chi connectivity index (χ0n) is 18.1. The number of hydrogen-bond donors (Lipinski definition) is 2. The molecular formula is C24H27F2NaO4. The van der Waals surface area contributed by atoms with Gasteiger partial charge in [0.15, 0.2) is 0 Å². The second kappa shape index (κ2) is 13.1. The normalized spacial score (nSPS) is 12.7. The minimum atomic E-state index is -1.37. The summed E-state index contributed by atoms with van der Waals surface area (Å²) in [4.78, 5) is 10.6. The van der Waals surface area contributed by atoms with Crippen molar-refractivity contribution in [3.63, 3.8) is 0 Å². The number of carboxylic acids is 1. The Labute approximate surface area is 203 Å². The van der Waals surface area contributed by atoms with Crippen LogP contribution in [0.3, 0.4) is 0 Å². The van der Waals surface area contributed by atoms with Gasteiger partial charge < -0.3 is 20.1 Å². The van der Waals surface area contributed by atoms with E-state index < -0.39 is 24.6 Å². The second-order valence-corrected chi connectivity index (χ2v) is 7.73. The first-order valence-electron chi connectivity index (χ1n) is 9.98. The molecule has 2 aromatic carbocycles. The van der Waals surface area contributed by atoms with Gasteiger partial charge in [0.05, 0.1) is 12.2 Å². The predicted octanol–water partition coefficient (Wildman–Crippen LogP) is 0.459. The maximum Gasteiger partial charge on any atom is 1.00 e. The molecule has 0 radical (unpaired) electrons. The second-order valence-electron chi connectivity index (χ2n) is 7.73. The summed E-state index contributed by atoms with van der Waals surface area (Å²) in [6.07, 6.45) is -1.88. The van der Waals surface area contributed by atoms with E-state index in [-0.39, 0.29) is 53.5 Å². The number of aliphatic hydroxyl groups is 2. The largest absolute Gasteiger partial charge is 1.00 e. The van der Waals surface area contributed by atoms with Crippen LogP contribution in [-0.4, -0.2) is 28.4 Å². The molecular weight excluding hydrogens is 413 g/mol. The summed E-state index contributed by atoms with van der Waals surface area (Å²) in [5.74, 6) is -2.01. The van der Waals surface area contributed by atoms with Crippen LogP contribution in [0.2, 0.25) is 0 Å². The van der Waals surface area contributed by atoms with Crippen LogP contribution in [0.4, 0.5) is 8.78 Å². The fraction of sp³-hybridized carbons (Fsp3) is 0.375. The van der Waals surface area contributed by atoms with Crippen molar-refractivity contribution in [2.75, 3.05) is 0 Å². The van der Waals surface area contributed by atoms with Gasteiger partial charge in [-0.25, -0.2) is 8.78 Å². The number of benzene rings is 2. The molecule has 0 aromatic heterocycles.